The van der Waals surface area contributed by atoms with Crippen LogP contribution in [0.25, 0.3) is 0 Å². The molecule has 0 amide bonds. The van der Waals surface area contributed by atoms with Gasteiger partial charge in [-0.2, -0.15) is 0 Å². The SMILES string of the molecule is CC(C)(C)[Si](OC[C@]1(c2ccccc2)C[C@@H]1C=O)(c1ccccc1)c1ccccc1. The Labute approximate surface area is 181 Å². The molecule has 1 aliphatic carbocycles. The van der Waals surface area contributed by atoms with Crippen LogP contribution in [0.4, 0.5) is 0 Å². The largest absolute Gasteiger partial charge is 0.406 e. The van der Waals surface area contributed by atoms with Gasteiger partial charge in [-0.1, -0.05) is 112 Å². The average Bonchev–Trinajstić information content (AvgIpc) is 3.50. The van der Waals surface area contributed by atoms with Crippen LogP contribution < -0.4 is 10.4 Å². The molecular weight excluding hydrogens is 384 g/mol. The van der Waals surface area contributed by atoms with Gasteiger partial charge in [0.1, 0.15) is 6.29 Å². The standard InChI is InChI=1S/C27H30O2Si/c1-26(2,3)30(24-15-9-5-10-16-24,25-17-11-6-12-18-25)29-21-27(19-23(27)20-28)22-13-7-4-8-14-22/h4-18,20,23H,19,21H2,1-3H3/t23-,27+/m1/s1. The summed E-state index contributed by atoms with van der Waals surface area (Å²) in [5.41, 5.74) is 0.996. The van der Waals surface area contributed by atoms with E-state index in [0.29, 0.717) is 6.61 Å². The van der Waals surface area contributed by atoms with Gasteiger partial charge in [0.25, 0.3) is 8.32 Å². The van der Waals surface area contributed by atoms with Gasteiger partial charge in [-0.15, -0.1) is 0 Å². The maximum Gasteiger partial charge on any atom is 0.261 e. The Kier molecular flexibility index (Phi) is 5.52. The third-order valence-electron chi connectivity index (χ3n) is 6.61. The van der Waals surface area contributed by atoms with E-state index in [4.69, 9.17) is 4.43 Å². The highest BCUT2D eigenvalue weighted by molar-refractivity contribution is 6.99. The second-order valence-electron chi connectivity index (χ2n) is 9.42. The molecule has 0 aromatic heterocycles. The molecule has 2 atom stereocenters. The first kappa shape index (κ1) is 20.8. The van der Waals surface area contributed by atoms with E-state index in [2.05, 4.69) is 106 Å². The van der Waals surface area contributed by atoms with E-state index in [1.54, 1.807) is 0 Å². The molecular formula is C27H30O2Si. The molecule has 2 nitrogen and oxygen atoms in total. The van der Waals surface area contributed by atoms with E-state index in [1.165, 1.54) is 15.9 Å². The monoisotopic (exact) mass is 414 g/mol. The zero-order valence-electron chi connectivity index (χ0n) is 18.0. The Hall–Kier alpha value is -2.49. The van der Waals surface area contributed by atoms with E-state index in [1.807, 2.05) is 6.07 Å². The van der Waals surface area contributed by atoms with Gasteiger partial charge >= 0.3 is 0 Å². The Morgan fingerprint density at radius 2 is 1.33 bits per heavy atom. The van der Waals surface area contributed by atoms with Crippen molar-refractivity contribution in [2.75, 3.05) is 6.61 Å². The Morgan fingerprint density at radius 1 is 0.867 bits per heavy atom. The molecule has 0 saturated heterocycles. The van der Waals surface area contributed by atoms with Crippen molar-refractivity contribution in [3.63, 3.8) is 0 Å². The van der Waals surface area contributed by atoms with E-state index in [9.17, 15) is 4.79 Å². The Balaban J connectivity index is 1.80. The van der Waals surface area contributed by atoms with Gasteiger partial charge in [-0.3, -0.25) is 0 Å². The van der Waals surface area contributed by atoms with Crippen molar-refractivity contribution in [1.29, 1.82) is 0 Å². The lowest BCUT2D eigenvalue weighted by molar-refractivity contribution is -0.109. The number of rotatable bonds is 7. The minimum atomic E-state index is -2.61. The first-order valence-electron chi connectivity index (χ1n) is 10.7. The van der Waals surface area contributed by atoms with Gasteiger partial charge in [0, 0.05) is 17.9 Å². The number of aldehydes is 1. The normalized spacial score (nSPS) is 21.2. The summed E-state index contributed by atoms with van der Waals surface area (Å²) in [6, 6.07) is 31.8. The minimum Gasteiger partial charge on any atom is -0.406 e. The van der Waals surface area contributed by atoms with E-state index in [-0.39, 0.29) is 16.4 Å². The summed E-state index contributed by atoms with van der Waals surface area (Å²) in [4.78, 5) is 11.8. The maximum absolute atomic E-state index is 11.8. The van der Waals surface area contributed by atoms with Crippen LogP contribution >= 0.6 is 0 Å². The van der Waals surface area contributed by atoms with Gasteiger partial charge in [-0.25, -0.2) is 0 Å². The quantitative estimate of drug-likeness (QED) is 0.413. The first-order valence-corrected chi connectivity index (χ1v) is 12.6. The lowest BCUT2D eigenvalue weighted by atomic mass is 9.94. The van der Waals surface area contributed by atoms with Gasteiger partial charge in [0.05, 0.1) is 0 Å². The van der Waals surface area contributed by atoms with Crippen molar-refractivity contribution in [2.24, 2.45) is 5.92 Å². The smallest absolute Gasteiger partial charge is 0.261 e. The van der Waals surface area contributed by atoms with Crippen LogP contribution in [0, 0.1) is 5.92 Å². The van der Waals surface area contributed by atoms with E-state index < -0.39 is 8.32 Å². The van der Waals surface area contributed by atoms with E-state index in [0.717, 1.165) is 12.7 Å². The summed E-state index contributed by atoms with van der Waals surface area (Å²) in [6.07, 6.45) is 1.97. The first-order chi connectivity index (χ1) is 14.4. The fraction of sp³-hybridized carbons (Fsp3) is 0.296. The Morgan fingerprint density at radius 3 is 1.73 bits per heavy atom. The molecule has 0 aliphatic heterocycles. The summed E-state index contributed by atoms with van der Waals surface area (Å²) in [7, 11) is -2.61. The second-order valence-corrected chi connectivity index (χ2v) is 13.7. The summed E-state index contributed by atoms with van der Waals surface area (Å²) < 4.78 is 7.16. The lowest BCUT2D eigenvalue weighted by Crippen LogP contribution is -2.67. The van der Waals surface area contributed by atoms with Crippen molar-refractivity contribution in [3.05, 3.63) is 96.6 Å². The maximum atomic E-state index is 11.8. The number of hydrogen-bond acceptors (Lipinski definition) is 2. The fourth-order valence-corrected chi connectivity index (χ4v) is 9.49. The molecule has 1 fully saturated rings. The topological polar surface area (TPSA) is 26.3 Å². The highest BCUT2D eigenvalue weighted by Crippen LogP contribution is 2.54. The van der Waals surface area contributed by atoms with Crippen molar-refractivity contribution in [2.45, 2.75) is 37.6 Å². The molecule has 1 aliphatic rings. The fourth-order valence-electron chi connectivity index (χ4n) is 4.86. The number of carbonyl (C=O) groups excluding carboxylic acids is 1. The van der Waals surface area contributed by atoms with Crippen LogP contribution in [0.3, 0.4) is 0 Å². The van der Waals surface area contributed by atoms with Crippen LogP contribution in [0.2, 0.25) is 5.04 Å². The van der Waals surface area contributed by atoms with Crippen LogP contribution in [-0.4, -0.2) is 21.2 Å². The zero-order chi connectivity index (χ0) is 21.2. The Bertz CT molecular complexity index is 940. The molecule has 0 heterocycles. The van der Waals surface area contributed by atoms with Crippen LogP contribution in [0.5, 0.6) is 0 Å². The van der Waals surface area contributed by atoms with Gasteiger partial charge in [0.15, 0.2) is 0 Å². The van der Waals surface area contributed by atoms with Crippen molar-refractivity contribution in [3.8, 4) is 0 Å². The predicted octanol–water partition coefficient (Wildman–Crippen LogP) is 4.72. The summed E-state index contributed by atoms with van der Waals surface area (Å²) in [5, 5.41) is 2.48. The summed E-state index contributed by atoms with van der Waals surface area (Å²) >= 11 is 0. The predicted molar refractivity (Wildman–Crippen MR) is 126 cm³/mol. The molecule has 0 N–H and O–H groups in total. The summed E-state index contributed by atoms with van der Waals surface area (Å²) in [6.45, 7) is 7.43. The van der Waals surface area contributed by atoms with Crippen molar-refractivity contribution in [1.82, 2.24) is 0 Å². The molecule has 3 aromatic rings. The lowest BCUT2D eigenvalue weighted by Gasteiger charge is -2.44. The molecule has 4 rings (SSSR count). The highest BCUT2D eigenvalue weighted by atomic mass is 28.4. The highest BCUT2D eigenvalue weighted by Gasteiger charge is 2.58. The van der Waals surface area contributed by atoms with Gasteiger partial charge in [-0.05, 0) is 27.4 Å². The summed E-state index contributed by atoms with van der Waals surface area (Å²) in [5.74, 6) is 0.0260. The molecule has 0 unspecified atom stereocenters. The zero-order valence-corrected chi connectivity index (χ0v) is 19.0. The minimum absolute atomic E-state index is 0.0260. The third kappa shape index (κ3) is 3.46. The van der Waals surface area contributed by atoms with Crippen LogP contribution in [0.1, 0.15) is 32.8 Å². The molecule has 154 valence electrons. The molecule has 3 aromatic carbocycles. The average molecular weight is 415 g/mol. The molecule has 0 radical (unpaired) electrons. The molecule has 0 bridgehead atoms. The number of hydrogen-bond donors (Lipinski definition) is 0. The van der Waals surface area contributed by atoms with Gasteiger partial charge < -0.3 is 9.22 Å². The molecule has 0 spiro atoms. The van der Waals surface area contributed by atoms with Crippen molar-refractivity contribution >= 4 is 25.0 Å². The number of benzene rings is 3. The second kappa shape index (κ2) is 7.97. The van der Waals surface area contributed by atoms with Crippen LogP contribution in [0.15, 0.2) is 91.0 Å². The molecule has 3 heteroatoms. The van der Waals surface area contributed by atoms with E-state index >= 15 is 0 Å². The van der Waals surface area contributed by atoms with Crippen molar-refractivity contribution < 1.29 is 9.22 Å². The number of carbonyl (C=O) groups is 1. The molecule has 1 saturated carbocycles. The molecule has 30 heavy (non-hydrogen) atoms. The third-order valence-corrected chi connectivity index (χ3v) is 11.6. The van der Waals surface area contributed by atoms with Gasteiger partial charge in [0.2, 0.25) is 0 Å². The van der Waals surface area contributed by atoms with Crippen LogP contribution in [-0.2, 0) is 14.6 Å².